The topological polar surface area (TPSA) is 70.9 Å². The number of amides is 1. The van der Waals surface area contributed by atoms with E-state index in [0.717, 1.165) is 10.8 Å². The number of carbonyl (C=O) groups excluding carboxylic acids is 1. The first-order chi connectivity index (χ1) is 9.87. The van der Waals surface area contributed by atoms with Gasteiger partial charge >= 0.3 is 6.09 Å². The first-order valence-electron chi connectivity index (χ1n) is 6.59. The van der Waals surface area contributed by atoms with Crippen LogP contribution in [0.25, 0.3) is 10.8 Å². The fourth-order valence-corrected chi connectivity index (χ4v) is 1.83. The van der Waals surface area contributed by atoms with Gasteiger partial charge in [-0.05, 0) is 32.2 Å². The van der Waals surface area contributed by atoms with E-state index in [0.29, 0.717) is 5.56 Å². The number of ether oxygens (including phenoxy) is 1. The molecule has 2 N–H and O–H groups in total. The van der Waals surface area contributed by atoms with Gasteiger partial charge in [0.2, 0.25) is 0 Å². The van der Waals surface area contributed by atoms with Crippen LogP contribution in [0.3, 0.4) is 0 Å². The Morgan fingerprint density at radius 2 is 1.95 bits per heavy atom. The highest BCUT2D eigenvalue weighted by molar-refractivity contribution is 5.97. The van der Waals surface area contributed by atoms with Gasteiger partial charge in [0.15, 0.2) is 0 Å². The van der Waals surface area contributed by atoms with Crippen molar-refractivity contribution in [2.75, 3.05) is 0 Å². The second kappa shape index (κ2) is 5.83. The van der Waals surface area contributed by atoms with E-state index in [1.807, 2.05) is 30.3 Å². The molecule has 0 bridgehead atoms. The number of nitrogens with one attached hydrogen (secondary N) is 1. The molecule has 0 aliphatic heterocycles. The van der Waals surface area contributed by atoms with Crippen LogP contribution in [0.4, 0.5) is 4.79 Å². The summed E-state index contributed by atoms with van der Waals surface area (Å²) in [4.78, 5) is 11.4. The molecule has 0 radical (unpaired) electrons. The molecular formula is C16H18N2O3. The number of hydrazone groups is 1. The van der Waals surface area contributed by atoms with Crippen LogP contribution >= 0.6 is 0 Å². The zero-order valence-electron chi connectivity index (χ0n) is 12.3. The second-order valence-corrected chi connectivity index (χ2v) is 5.60. The van der Waals surface area contributed by atoms with Gasteiger partial charge in [0.25, 0.3) is 0 Å². The van der Waals surface area contributed by atoms with Crippen LogP contribution in [0, 0.1) is 0 Å². The molecule has 0 fully saturated rings. The van der Waals surface area contributed by atoms with Crippen LogP contribution in [0.5, 0.6) is 5.75 Å². The maximum atomic E-state index is 11.4. The second-order valence-electron chi connectivity index (χ2n) is 5.60. The van der Waals surface area contributed by atoms with E-state index in [2.05, 4.69) is 10.5 Å². The van der Waals surface area contributed by atoms with Crippen molar-refractivity contribution in [3.8, 4) is 5.75 Å². The van der Waals surface area contributed by atoms with Crippen molar-refractivity contribution in [1.82, 2.24) is 5.43 Å². The van der Waals surface area contributed by atoms with E-state index in [1.54, 1.807) is 26.8 Å². The summed E-state index contributed by atoms with van der Waals surface area (Å²) < 4.78 is 5.05. The Kier molecular flexibility index (Phi) is 4.12. The lowest BCUT2D eigenvalue weighted by Gasteiger charge is -2.18. The van der Waals surface area contributed by atoms with Gasteiger partial charge in [0.1, 0.15) is 11.4 Å². The number of fused-ring (bicyclic) bond motifs is 1. The number of phenols is 1. The Morgan fingerprint density at radius 3 is 2.67 bits per heavy atom. The summed E-state index contributed by atoms with van der Waals surface area (Å²) >= 11 is 0. The largest absolute Gasteiger partial charge is 0.507 e. The average Bonchev–Trinajstić information content (AvgIpc) is 2.40. The molecule has 0 aromatic heterocycles. The van der Waals surface area contributed by atoms with Crippen molar-refractivity contribution < 1.29 is 14.6 Å². The van der Waals surface area contributed by atoms with Crippen LogP contribution < -0.4 is 5.43 Å². The van der Waals surface area contributed by atoms with E-state index < -0.39 is 11.7 Å². The van der Waals surface area contributed by atoms with Gasteiger partial charge in [-0.15, -0.1) is 0 Å². The van der Waals surface area contributed by atoms with Crippen LogP contribution in [0.15, 0.2) is 41.5 Å². The Morgan fingerprint density at radius 1 is 1.24 bits per heavy atom. The summed E-state index contributed by atoms with van der Waals surface area (Å²) in [7, 11) is 0. The third-order valence-electron chi connectivity index (χ3n) is 2.69. The maximum Gasteiger partial charge on any atom is 0.428 e. The van der Waals surface area contributed by atoms with Crippen LogP contribution in [-0.4, -0.2) is 23.0 Å². The number of nitrogens with zero attached hydrogens (tertiary/aromatic N) is 1. The minimum Gasteiger partial charge on any atom is -0.507 e. The summed E-state index contributed by atoms with van der Waals surface area (Å²) in [6.45, 7) is 5.31. The molecule has 21 heavy (non-hydrogen) atoms. The average molecular weight is 286 g/mol. The molecule has 1 amide bonds. The molecule has 110 valence electrons. The molecule has 0 saturated carbocycles. The molecule has 5 heteroatoms. The summed E-state index contributed by atoms with van der Waals surface area (Å²) in [6, 6.07) is 11.1. The third-order valence-corrected chi connectivity index (χ3v) is 2.69. The molecule has 0 spiro atoms. The van der Waals surface area contributed by atoms with E-state index in [9.17, 15) is 9.90 Å². The van der Waals surface area contributed by atoms with Crippen molar-refractivity contribution in [3.05, 3.63) is 42.0 Å². The lowest BCUT2D eigenvalue weighted by molar-refractivity contribution is 0.0529. The minimum absolute atomic E-state index is 0.128. The highest BCUT2D eigenvalue weighted by Gasteiger charge is 2.15. The SMILES string of the molecule is CC(C)(C)OC(=O)N/N=C\c1ccc2ccccc2c1O. The normalized spacial score (nSPS) is 11.8. The van der Waals surface area contributed by atoms with Gasteiger partial charge in [-0.2, -0.15) is 5.10 Å². The minimum atomic E-state index is -0.640. The predicted octanol–water partition coefficient (Wildman–Crippen LogP) is 3.40. The predicted molar refractivity (Wildman–Crippen MR) is 82.6 cm³/mol. The highest BCUT2D eigenvalue weighted by Crippen LogP contribution is 2.27. The number of hydrogen-bond donors (Lipinski definition) is 2. The molecule has 2 rings (SSSR count). The highest BCUT2D eigenvalue weighted by atomic mass is 16.6. The third kappa shape index (κ3) is 3.95. The van der Waals surface area contributed by atoms with Gasteiger partial charge in [-0.25, -0.2) is 10.2 Å². The fourth-order valence-electron chi connectivity index (χ4n) is 1.83. The summed E-state index contributed by atoms with van der Waals surface area (Å²) in [6.07, 6.45) is 0.741. The summed E-state index contributed by atoms with van der Waals surface area (Å²) in [5, 5.41) is 15.6. The number of aromatic hydroxyl groups is 1. The Hall–Kier alpha value is -2.56. The lowest BCUT2D eigenvalue weighted by atomic mass is 10.1. The number of benzene rings is 2. The zero-order chi connectivity index (χ0) is 15.5. The van der Waals surface area contributed by atoms with Crippen molar-refractivity contribution in [2.24, 2.45) is 5.10 Å². The molecule has 0 atom stereocenters. The Labute approximate surface area is 123 Å². The molecule has 5 nitrogen and oxygen atoms in total. The van der Waals surface area contributed by atoms with Crippen LogP contribution in [-0.2, 0) is 4.74 Å². The van der Waals surface area contributed by atoms with Crippen molar-refractivity contribution >= 4 is 23.1 Å². The Bertz CT molecular complexity index is 687. The van der Waals surface area contributed by atoms with Crippen molar-refractivity contribution in [1.29, 1.82) is 0 Å². The van der Waals surface area contributed by atoms with Gasteiger partial charge < -0.3 is 9.84 Å². The number of carbonyl (C=O) groups is 1. The van der Waals surface area contributed by atoms with Gasteiger partial charge in [0, 0.05) is 10.9 Å². The van der Waals surface area contributed by atoms with E-state index in [4.69, 9.17) is 4.74 Å². The lowest BCUT2D eigenvalue weighted by Crippen LogP contribution is -2.29. The standard InChI is InChI=1S/C16H18N2O3/c1-16(2,3)21-15(20)18-17-10-12-9-8-11-6-4-5-7-13(11)14(12)19/h4-10,19H,1-3H3,(H,18,20)/b17-10-. The van der Waals surface area contributed by atoms with E-state index in [1.165, 1.54) is 6.21 Å². The molecular weight excluding hydrogens is 268 g/mol. The molecule has 2 aromatic rings. The van der Waals surface area contributed by atoms with E-state index >= 15 is 0 Å². The monoisotopic (exact) mass is 286 g/mol. The molecule has 0 aliphatic carbocycles. The van der Waals surface area contributed by atoms with Crippen molar-refractivity contribution in [2.45, 2.75) is 26.4 Å². The molecule has 0 aliphatic rings. The molecule has 0 saturated heterocycles. The van der Waals surface area contributed by atoms with Crippen molar-refractivity contribution in [3.63, 3.8) is 0 Å². The van der Waals surface area contributed by atoms with Gasteiger partial charge in [-0.3, -0.25) is 0 Å². The Balaban J connectivity index is 2.11. The smallest absolute Gasteiger partial charge is 0.428 e. The maximum absolute atomic E-state index is 11.4. The van der Waals surface area contributed by atoms with E-state index in [-0.39, 0.29) is 5.75 Å². The van der Waals surface area contributed by atoms with Crippen LogP contribution in [0.1, 0.15) is 26.3 Å². The number of rotatable bonds is 2. The zero-order valence-corrected chi connectivity index (χ0v) is 12.3. The molecule has 2 aromatic carbocycles. The first-order valence-corrected chi connectivity index (χ1v) is 6.59. The van der Waals surface area contributed by atoms with Gasteiger partial charge in [0.05, 0.1) is 6.21 Å². The number of hydrogen-bond acceptors (Lipinski definition) is 4. The summed E-state index contributed by atoms with van der Waals surface area (Å²) in [5.41, 5.74) is 2.20. The molecule has 0 unspecified atom stereocenters. The first kappa shape index (κ1) is 14.8. The van der Waals surface area contributed by atoms with Gasteiger partial charge in [-0.1, -0.05) is 30.3 Å². The van der Waals surface area contributed by atoms with Crippen LogP contribution in [0.2, 0.25) is 0 Å². The quantitative estimate of drug-likeness (QED) is 0.656. The number of phenolic OH excluding ortho intramolecular Hbond substituents is 1. The fraction of sp³-hybridized carbons (Fsp3) is 0.250. The molecule has 0 heterocycles. The summed E-state index contributed by atoms with van der Waals surface area (Å²) in [5.74, 6) is 0.128.